The Morgan fingerprint density at radius 1 is 1.19 bits per heavy atom. The van der Waals surface area contributed by atoms with Gasteiger partial charge in [-0.1, -0.05) is 0 Å². The molecule has 1 aliphatic rings. The van der Waals surface area contributed by atoms with E-state index in [9.17, 15) is 4.79 Å². The molecule has 0 bridgehead atoms. The van der Waals surface area contributed by atoms with Crippen molar-refractivity contribution < 1.29 is 4.79 Å². The maximum Gasteiger partial charge on any atom is 0.257 e. The molecule has 3 N–H and O–H groups in total. The predicted molar refractivity (Wildman–Crippen MR) is 82.3 cm³/mol. The number of benzene rings is 1. The number of nitrogens with two attached hydrogens (primary N) is 1. The Morgan fingerprint density at radius 2 is 1.86 bits per heavy atom. The molecule has 21 heavy (non-hydrogen) atoms. The number of piperazine rings is 1. The average Bonchev–Trinajstić information content (AvgIpc) is 2.94. The van der Waals surface area contributed by atoms with Crippen LogP contribution in [0.1, 0.15) is 16.1 Å². The highest BCUT2D eigenvalue weighted by Crippen LogP contribution is 2.19. The van der Waals surface area contributed by atoms with Gasteiger partial charge in [-0.15, -0.1) is 0 Å². The number of amides is 1. The minimum atomic E-state index is 0.0539. The van der Waals surface area contributed by atoms with E-state index in [1.54, 1.807) is 6.20 Å². The van der Waals surface area contributed by atoms with E-state index in [2.05, 4.69) is 15.1 Å². The summed E-state index contributed by atoms with van der Waals surface area (Å²) >= 11 is 0. The van der Waals surface area contributed by atoms with Gasteiger partial charge in [-0.2, -0.15) is 5.10 Å². The van der Waals surface area contributed by atoms with Crippen LogP contribution in [0.25, 0.3) is 0 Å². The van der Waals surface area contributed by atoms with Gasteiger partial charge in [-0.25, -0.2) is 0 Å². The summed E-state index contributed by atoms with van der Waals surface area (Å²) in [5, 5.41) is 6.72. The fourth-order valence-electron chi connectivity index (χ4n) is 2.59. The van der Waals surface area contributed by atoms with E-state index in [0.717, 1.165) is 30.2 Å². The number of anilines is 2. The Morgan fingerprint density at radius 3 is 2.43 bits per heavy atom. The number of hydrogen-bond acceptors (Lipinski definition) is 4. The summed E-state index contributed by atoms with van der Waals surface area (Å²) in [5.74, 6) is 0.0539. The summed E-state index contributed by atoms with van der Waals surface area (Å²) < 4.78 is 0. The van der Waals surface area contributed by atoms with Crippen molar-refractivity contribution in [3.63, 3.8) is 0 Å². The van der Waals surface area contributed by atoms with Gasteiger partial charge < -0.3 is 15.5 Å². The van der Waals surface area contributed by atoms with Crippen molar-refractivity contribution in [3.8, 4) is 0 Å². The molecule has 0 radical (unpaired) electrons. The molecule has 0 saturated carbocycles. The normalized spacial score (nSPS) is 15.3. The number of H-pyrrole nitrogens is 1. The third-order valence-corrected chi connectivity index (χ3v) is 3.89. The van der Waals surface area contributed by atoms with E-state index >= 15 is 0 Å². The van der Waals surface area contributed by atoms with Gasteiger partial charge in [0.15, 0.2) is 0 Å². The van der Waals surface area contributed by atoms with Crippen LogP contribution in [-0.2, 0) is 0 Å². The molecule has 1 aromatic carbocycles. The van der Waals surface area contributed by atoms with Gasteiger partial charge in [-0.05, 0) is 31.2 Å². The maximum absolute atomic E-state index is 12.4. The average molecular weight is 285 g/mol. The molecular weight excluding hydrogens is 266 g/mol. The number of carbonyl (C=O) groups excluding carboxylic acids is 1. The lowest BCUT2D eigenvalue weighted by Gasteiger charge is -2.36. The molecule has 0 spiro atoms. The first-order chi connectivity index (χ1) is 10.1. The Kier molecular flexibility index (Phi) is 3.51. The van der Waals surface area contributed by atoms with Crippen LogP contribution in [0.15, 0.2) is 30.5 Å². The van der Waals surface area contributed by atoms with Crippen molar-refractivity contribution in [2.24, 2.45) is 0 Å². The van der Waals surface area contributed by atoms with Crippen molar-refractivity contribution in [3.05, 3.63) is 41.7 Å². The van der Waals surface area contributed by atoms with Crippen molar-refractivity contribution in [2.75, 3.05) is 36.8 Å². The van der Waals surface area contributed by atoms with E-state index in [4.69, 9.17) is 5.73 Å². The number of aromatic amines is 1. The van der Waals surface area contributed by atoms with E-state index < -0.39 is 0 Å². The number of nitrogens with zero attached hydrogens (tertiary/aromatic N) is 3. The van der Waals surface area contributed by atoms with Crippen LogP contribution >= 0.6 is 0 Å². The third-order valence-electron chi connectivity index (χ3n) is 3.89. The summed E-state index contributed by atoms with van der Waals surface area (Å²) in [4.78, 5) is 16.6. The van der Waals surface area contributed by atoms with Crippen LogP contribution in [0.2, 0.25) is 0 Å². The van der Waals surface area contributed by atoms with Gasteiger partial charge in [0.05, 0.1) is 11.8 Å². The number of aryl methyl sites for hydroxylation is 1. The topological polar surface area (TPSA) is 78.2 Å². The smallest absolute Gasteiger partial charge is 0.257 e. The zero-order chi connectivity index (χ0) is 14.8. The highest BCUT2D eigenvalue weighted by Gasteiger charge is 2.23. The molecule has 1 amide bonds. The van der Waals surface area contributed by atoms with E-state index in [0.29, 0.717) is 18.7 Å². The summed E-state index contributed by atoms with van der Waals surface area (Å²) in [6, 6.07) is 7.85. The molecule has 3 rings (SSSR count). The zero-order valence-electron chi connectivity index (χ0n) is 12.0. The van der Waals surface area contributed by atoms with Crippen LogP contribution in [0, 0.1) is 6.92 Å². The van der Waals surface area contributed by atoms with Crippen LogP contribution in [-0.4, -0.2) is 47.2 Å². The molecule has 1 aliphatic heterocycles. The van der Waals surface area contributed by atoms with Crippen molar-refractivity contribution >= 4 is 17.3 Å². The van der Waals surface area contributed by atoms with Crippen LogP contribution in [0.4, 0.5) is 11.4 Å². The lowest BCUT2D eigenvalue weighted by atomic mass is 10.2. The molecule has 0 atom stereocenters. The monoisotopic (exact) mass is 285 g/mol. The molecule has 1 aromatic heterocycles. The van der Waals surface area contributed by atoms with Crippen LogP contribution in [0.3, 0.4) is 0 Å². The maximum atomic E-state index is 12.4. The zero-order valence-corrected chi connectivity index (χ0v) is 12.0. The van der Waals surface area contributed by atoms with Gasteiger partial charge in [0, 0.05) is 43.2 Å². The largest absolute Gasteiger partial charge is 0.399 e. The summed E-state index contributed by atoms with van der Waals surface area (Å²) in [6.07, 6.45) is 1.60. The Hall–Kier alpha value is -2.50. The number of nitrogens with one attached hydrogen (secondary N) is 1. The predicted octanol–water partition coefficient (Wildman–Crippen LogP) is 1.26. The van der Waals surface area contributed by atoms with Gasteiger partial charge in [0.2, 0.25) is 0 Å². The van der Waals surface area contributed by atoms with Gasteiger partial charge >= 0.3 is 0 Å². The number of carbonyl (C=O) groups is 1. The molecule has 6 heteroatoms. The van der Waals surface area contributed by atoms with E-state index in [-0.39, 0.29) is 5.91 Å². The number of aromatic nitrogens is 2. The molecule has 0 unspecified atom stereocenters. The number of nitrogen functional groups attached to an aromatic ring is 1. The first-order valence-electron chi connectivity index (χ1n) is 7.05. The number of hydrogen-bond donors (Lipinski definition) is 2. The second-order valence-electron chi connectivity index (χ2n) is 5.28. The van der Waals surface area contributed by atoms with Gasteiger partial charge in [-0.3, -0.25) is 9.89 Å². The summed E-state index contributed by atoms with van der Waals surface area (Å²) in [5.41, 5.74) is 9.10. The second-order valence-corrected chi connectivity index (χ2v) is 5.28. The van der Waals surface area contributed by atoms with E-state index in [1.165, 1.54) is 0 Å². The molecule has 0 aliphatic carbocycles. The molecule has 1 fully saturated rings. The number of rotatable bonds is 2. The van der Waals surface area contributed by atoms with Crippen molar-refractivity contribution in [1.29, 1.82) is 0 Å². The molecule has 2 aromatic rings. The van der Waals surface area contributed by atoms with Gasteiger partial charge in [0.25, 0.3) is 5.91 Å². The summed E-state index contributed by atoms with van der Waals surface area (Å²) in [6.45, 7) is 4.95. The third kappa shape index (κ3) is 2.69. The van der Waals surface area contributed by atoms with Crippen molar-refractivity contribution in [1.82, 2.24) is 15.1 Å². The first kappa shape index (κ1) is 13.5. The lowest BCUT2D eigenvalue weighted by molar-refractivity contribution is 0.0746. The lowest BCUT2D eigenvalue weighted by Crippen LogP contribution is -2.48. The molecule has 110 valence electrons. The second kappa shape index (κ2) is 5.47. The minimum absolute atomic E-state index is 0.0539. The van der Waals surface area contributed by atoms with Crippen molar-refractivity contribution in [2.45, 2.75) is 6.92 Å². The highest BCUT2D eigenvalue weighted by atomic mass is 16.2. The van der Waals surface area contributed by atoms with Crippen LogP contribution in [0.5, 0.6) is 0 Å². The summed E-state index contributed by atoms with van der Waals surface area (Å²) in [7, 11) is 0. The fraction of sp³-hybridized carbons (Fsp3) is 0.333. The molecule has 6 nitrogen and oxygen atoms in total. The highest BCUT2D eigenvalue weighted by molar-refractivity contribution is 5.95. The standard InChI is InChI=1S/C15H19N5O/c1-11-14(10-17-18-11)15(21)20-8-6-19(7-9-20)13-4-2-12(16)3-5-13/h2-5,10H,6-9,16H2,1H3,(H,17,18). The quantitative estimate of drug-likeness (QED) is 0.814. The van der Waals surface area contributed by atoms with E-state index in [1.807, 2.05) is 36.1 Å². The Labute approximate surface area is 123 Å². The fourth-order valence-corrected chi connectivity index (χ4v) is 2.59. The Bertz CT molecular complexity index is 626. The Balaban J connectivity index is 1.64. The molecule has 1 saturated heterocycles. The molecular formula is C15H19N5O. The first-order valence-corrected chi connectivity index (χ1v) is 7.05. The SMILES string of the molecule is Cc1[nH]ncc1C(=O)N1CCN(c2ccc(N)cc2)CC1. The van der Waals surface area contributed by atoms with Gasteiger partial charge in [0.1, 0.15) is 0 Å². The minimum Gasteiger partial charge on any atom is -0.399 e. The molecule has 2 heterocycles. The van der Waals surface area contributed by atoms with Crippen LogP contribution < -0.4 is 10.6 Å².